The lowest BCUT2D eigenvalue weighted by Crippen LogP contribution is -2.51. The van der Waals surface area contributed by atoms with Crippen molar-refractivity contribution in [1.82, 2.24) is 10.7 Å². The van der Waals surface area contributed by atoms with Crippen molar-refractivity contribution in [1.29, 1.82) is 0 Å². The summed E-state index contributed by atoms with van der Waals surface area (Å²) in [6.07, 6.45) is 2.03. The van der Waals surface area contributed by atoms with Crippen LogP contribution in [-0.2, 0) is 9.59 Å². The van der Waals surface area contributed by atoms with Crippen LogP contribution in [0.4, 0.5) is 5.69 Å². The summed E-state index contributed by atoms with van der Waals surface area (Å²) in [4.78, 5) is 25.4. The highest BCUT2D eigenvalue weighted by Gasteiger charge is 2.38. The third kappa shape index (κ3) is 8.89. The van der Waals surface area contributed by atoms with E-state index in [0.29, 0.717) is 18.7 Å². The molecule has 32 heavy (non-hydrogen) atoms. The van der Waals surface area contributed by atoms with Crippen molar-refractivity contribution in [2.45, 2.75) is 84.1 Å². The molecule has 0 heterocycles. The van der Waals surface area contributed by atoms with Crippen LogP contribution in [0.5, 0.6) is 5.75 Å². The van der Waals surface area contributed by atoms with Crippen LogP contribution >= 0.6 is 0 Å². The minimum atomic E-state index is -1.93. The van der Waals surface area contributed by atoms with Crippen LogP contribution in [0, 0.1) is 5.92 Å². The van der Waals surface area contributed by atoms with Gasteiger partial charge in [-0.1, -0.05) is 34.6 Å². The van der Waals surface area contributed by atoms with E-state index in [0.717, 1.165) is 18.6 Å². The molecular weight excluding hydrogens is 422 g/mol. The summed E-state index contributed by atoms with van der Waals surface area (Å²) in [5.74, 6) is 5.49. The summed E-state index contributed by atoms with van der Waals surface area (Å²) < 4.78 is 6.29. The van der Waals surface area contributed by atoms with Crippen molar-refractivity contribution in [3.8, 4) is 5.75 Å². The minimum absolute atomic E-state index is 0.0198. The smallest absolute Gasteiger partial charge is 0.250 e. The quantitative estimate of drug-likeness (QED) is 0.139. The van der Waals surface area contributed by atoms with Gasteiger partial charge in [0, 0.05) is 12.2 Å². The van der Waals surface area contributed by atoms with E-state index in [4.69, 9.17) is 16.0 Å². The van der Waals surface area contributed by atoms with Gasteiger partial charge >= 0.3 is 0 Å². The number of anilines is 1. The van der Waals surface area contributed by atoms with Crippen LogP contribution in [0.1, 0.15) is 53.9 Å². The van der Waals surface area contributed by atoms with Gasteiger partial charge in [-0.2, -0.15) is 0 Å². The number of hydrogen-bond acceptors (Lipinski definition) is 6. The van der Waals surface area contributed by atoms with Crippen LogP contribution < -0.4 is 32.1 Å². The Hall–Kier alpha value is -1.94. The molecule has 0 radical (unpaired) electrons. The van der Waals surface area contributed by atoms with Crippen LogP contribution in [0.25, 0.3) is 0 Å². The van der Waals surface area contributed by atoms with Gasteiger partial charge in [-0.3, -0.25) is 20.9 Å². The highest BCUT2D eigenvalue weighted by atomic mass is 28.4. The molecule has 0 saturated heterocycles. The summed E-state index contributed by atoms with van der Waals surface area (Å²) in [6, 6.07) is 6.03. The molecule has 9 heteroatoms. The van der Waals surface area contributed by atoms with E-state index in [1.807, 2.05) is 38.1 Å². The van der Waals surface area contributed by atoms with Crippen LogP contribution in [-0.4, -0.2) is 38.8 Å². The molecule has 7 N–H and O–H groups in total. The first kappa shape index (κ1) is 28.1. The molecule has 0 bridgehead atoms. The zero-order chi connectivity index (χ0) is 24.5. The summed E-state index contributed by atoms with van der Waals surface area (Å²) in [6.45, 7) is 15.4. The van der Waals surface area contributed by atoms with E-state index in [1.165, 1.54) is 0 Å². The monoisotopic (exact) mass is 465 g/mol. The van der Waals surface area contributed by atoms with Crippen LogP contribution in [0.2, 0.25) is 18.1 Å². The largest absolute Gasteiger partial charge is 0.544 e. The van der Waals surface area contributed by atoms with E-state index in [2.05, 4.69) is 49.9 Å². The van der Waals surface area contributed by atoms with Gasteiger partial charge in [0.15, 0.2) is 0 Å². The number of nitrogens with one attached hydrogen (secondary N) is 3. The standard InChI is InChI=1S/C23H43N5O3Si/c1-16(2)20(24)22(30)28-19(10-8-9-15-26-25)21(29)27-17-11-13-18(14-12-17)31-32(6,7)23(3,4)5/h11-14,16,19-20,26H,8-10,15,24-25H2,1-7H3,(H,27,29)(H,28,30)/t19?,20-/m0/s1. The first-order chi connectivity index (χ1) is 14.8. The van der Waals surface area contributed by atoms with Gasteiger partial charge in [0.1, 0.15) is 11.8 Å². The Bertz CT molecular complexity index is 732. The Labute approximate surface area is 194 Å². The number of nitrogens with two attached hydrogens (primary N) is 2. The van der Waals surface area contributed by atoms with E-state index in [9.17, 15) is 9.59 Å². The van der Waals surface area contributed by atoms with E-state index in [-0.39, 0.29) is 22.8 Å². The molecule has 182 valence electrons. The predicted octanol–water partition coefficient (Wildman–Crippen LogP) is 3.11. The summed E-state index contributed by atoms with van der Waals surface area (Å²) in [5.41, 5.74) is 9.20. The molecule has 0 aromatic heterocycles. The maximum atomic E-state index is 12.9. The molecule has 0 aliphatic heterocycles. The number of hydrazine groups is 1. The molecular formula is C23H43N5O3Si. The Morgan fingerprint density at radius 1 is 1.06 bits per heavy atom. The second kappa shape index (κ2) is 12.3. The molecule has 8 nitrogen and oxygen atoms in total. The molecule has 2 atom stereocenters. The SMILES string of the molecule is CC(C)[C@H](N)C(=O)NC(CCCCNN)C(=O)Nc1ccc(O[Si](C)(C)C(C)(C)C)cc1. The average molecular weight is 466 g/mol. The Kier molecular flexibility index (Phi) is 10.8. The molecule has 0 saturated carbocycles. The van der Waals surface area contributed by atoms with E-state index in [1.54, 1.807) is 0 Å². The number of hydrogen-bond donors (Lipinski definition) is 5. The van der Waals surface area contributed by atoms with Gasteiger partial charge in [-0.05, 0) is 67.6 Å². The lowest BCUT2D eigenvalue weighted by molar-refractivity contribution is -0.128. The Morgan fingerprint density at radius 3 is 2.16 bits per heavy atom. The van der Waals surface area contributed by atoms with E-state index < -0.39 is 20.4 Å². The first-order valence-corrected chi connectivity index (χ1v) is 14.3. The average Bonchev–Trinajstić information content (AvgIpc) is 2.69. The van der Waals surface area contributed by atoms with Crippen molar-refractivity contribution >= 4 is 25.8 Å². The van der Waals surface area contributed by atoms with Gasteiger partial charge in [-0.25, -0.2) is 0 Å². The maximum absolute atomic E-state index is 12.9. The third-order valence-electron chi connectivity index (χ3n) is 6.02. The van der Waals surface area contributed by atoms with Crippen molar-refractivity contribution in [3.05, 3.63) is 24.3 Å². The normalized spacial score (nSPS) is 14.1. The number of benzene rings is 1. The topological polar surface area (TPSA) is 132 Å². The number of amides is 2. The molecule has 0 fully saturated rings. The van der Waals surface area contributed by atoms with Crippen molar-refractivity contribution in [2.75, 3.05) is 11.9 Å². The fourth-order valence-electron chi connectivity index (χ4n) is 2.70. The molecule has 1 rings (SSSR count). The predicted molar refractivity (Wildman–Crippen MR) is 134 cm³/mol. The van der Waals surface area contributed by atoms with Crippen LogP contribution in [0.15, 0.2) is 24.3 Å². The maximum Gasteiger partial charge on any atom is 0.250 e. The lowest BCUT2D eigenvalue weighted by atomic mass is 10.0. The fraction of sp³-hybridized carbons (Fsp3) is 0.652. The number of carbonyl (C=O) groups is 2. The molecule has 0 aliphatic rings. The Balaban J connectivity index is 2.83. The second-order valence-corrected chi connectivity index (χ2v) is 14.9. The van der Waals surface area contributed by atoms with Crippen molar-refractivity contribution in [2.24, 2.45) is 17.5 Å². The number of unbranched alkanes of at least 4 members (excludes halogenated alkanes) is 1. The molecule has 1 unspecified atom stereocenters. The Morgan fingerprint density at radius 2 is 1.66 bits per heavy atom. The minimum Gasteiger partial charge on any atom is -0.544 e. The molecule has 1 aromatic rings. The number of carbonyl (C=O) groups excluding carboxylic acids is 2. The number of rotatable bonds is 12. The van der Waals surface area contributed by atoms with Crippen LogP contribution in [0.3, 0.4) is 0 Å². The highest BCUT2D eigenvalue weighted by molar-refractivity contribution is 6.74. The molecule has 1 aromatic carbocycles. The molecule has 0 aliphatic carbocycles. The van der Waals surface area contributed by atoms with Gasteiger partial charge < -0.3 is 20.8 Å². The first-order valence-electron chi connectivity index (χ1n) is 11.4. The van der Waals surface area contributed by atoms with Crippen molar-refractivity contribution in [3.63, 3.8) is 0 Å². The third-order valence-corrected chi connectivity index (χ3v) is 10.4. The molecule has 2 amide bonds. The fourth-order valence-corrected chi connectivity index (χ4v) is 3.73. The van der Waals surface area contributed by atoms with Gasteiger partial charge in [0.2, 0.25) is 20.1 Å². The molecule has 0 spiro atoms. The van der Waals surface area contributed by atoms with Crippen molar-refractivity contribution < 1.29 is 14.0 Å². The summed E-state index contributed by atoms with van der Waals surface area (Å²) in [7, 11) is -1.93. The lowest BCUT2D eigenvalue weighted by Gasteiger charge is -2.36. The highest BCUT2D eigenvalue weighted by Crippen LogP contribution is 2.37. The van der Waals surface area contributed by atoms with E-state index >= 15 is 0 Å². The van der Waals surface area contributed by atoms with Gasteiger partial charge in [0.25, 0.3) is 0 Å². The summed E-state index contributed by atoms with van der Waals surface area (Å²) >= 11 is 0. The zero-order valence-electron chi connectivity index (χ0n) is 20.7. The second-order valence-electron chi connectivity index (χ2n) is 10.2. The van der Waals surface area contributed by atoms with Gasteiger partial charge in [-0.15, -0.1) is 0 Å². The van der Waals surface area contributed by atoms with Gasteiger partial charge in [0.05, 0.1) is 6.04 Å². The zero-order valence-corrected chi connectivity index (χ0v) is 21.7. The summed E-state index contributed by atoms with van der Waals surface area (Å²) in [5, 5.41) is 5.80.